The molecule has 0 aromatic heterocycles. The Morgan fingerprint density at radius 2 is 1.86 bits per heavy atom. The van der Waals surface area contributed by atoms with Gasteiger partial charge in [0.15, 0.2) is 5.78 Å². The Bertz CT molecular complexity index is 903. The first kappa shape index (κ1) is 18.7. The van der Waals surface area contributed by atoms with E-state index in [1.165, 1.54) is 24.0 Å². The Morgan fingerprint density at radius 1 is 1.04 bits per heavy atom. The molecule has 0 saturated carbocycles. The molecule has 0 radical (unpaired) electrons. The molecule has 1 unspecified atom stereocenters. The number of ether oxygens (including phenoxy) is 1. The van der Waals surface area contributed by atoms with Crippen molar-refractivity contribution in [2.45, 2.75) is 57.9 Å². The molecule has 0 fully saturated rings. The number of benzene rings is 2. The average molecular weight is 377 g/mol. The molecule has 1 N–H and O–H groups in total. The van der Waals surface area contributed by atoms with Gasteiger partial charge in [-0.05, 0) is 55.9 Å². The van der Waals surface area contributed by atoms with Gasteiger partial charge in [0, 0.05) is 30.4 Å². The van der Waals surface area contributed by atoms with E-state index < -0.39 is 0 Å². The lowest BCUT2D eigenvalue weighted by Gasteiger charge is -2.27. The highest BCUT2D eigenvalue weighted by molar-refractivity contribution is 5.98. The number of rotatable bonds is 5. The molecule has 1 aliphatic carbocycles. The molecule has 2 aromatic carbocycles. The number of hydrogen-bond acceptors (Lipinski definition) is 3. The lowest BCUT2D eigenvalue weighted by molar-refractivity contribution is -0.122. The summed E-state index contributed by atoms with van der Waals surface area (Å²) in [5, 5.41) is 3.09. The van der Waals surface area contributed by atoms with Crippen molar-refractivity contribution < 1.29 is 14.3 Å². The molecule has 4 nitrogen and oxygen atoms in total. The van der Waals surface area contributed by atoms with Crippen molar-refractivity contribution >= 4 is 11.7 Å². The molecule has 28 heavy (non-hydrogen) atoms. The first-order valence-electron chi connectivity index (χ1n) is 10.3. The zero-order chi connectivity index (χ0) is 19.5. The monoisotopic (exact) mass is 377 g/mol. The van der Waals surface area contributed by atoms with E-state index in [0.29, 0.717) is 6.61 Å². The van der Waals surface area contributed by atoms with Crippen molar-refractivity contribution in [1.29, 1.82) is 0 Å². The van der Waals surface area contributed by atoms with Gasteiger partial charge in [-0.1, -0.05) is 29.8 Å². The van der Waals surface area contributed by atoms with Gasteiger partial charge in [-0.3, -0.25) is 9.59 Å². The zero-order valence-electron chi connectivity index (χ0n) is 16.4. The number of amides is 1. The maximum Gasteiger partial charge on any atom is 0.220 e. The van der Waals surface area contributed by atoms with E-state index in [1.54, 1.807) is 0 Å². The van der Waals surface area contributed by atoms with Gasteiger partial charge in [-0.15, -0.1) is 0 Å². The van der Waals surface area contributed by atoms with E-state index in [2.05, 4.69) is 17.4 Å². The number of nitrogens with one attached hydrogen (secondary N) is 1. The van der Waals surface area contributed by atoms with E-state index in [0.717, 1.165) is 41.7 Å². The fourth-order valence-corrected chi connectivity index (χ4v) is 4.21. The molecular weight excluding hydrogens is 350 g/mol. The Morgan fingerprint density at radius 3 is 2.71 bits per heavy atom. The Balaban J connectivity index is 1.35. The second kappa shape index (κ2) is 8.17. The number of fused-ring (bicyclic) bond motifs is 2. The van der Waals surface area contributed by atoms with Gasteiger partial charge in [-0.25, -0.2) is 0 Å². The number of carbonyl (C=O) groups excluding carboxylic acids is 2. The van der Waals surface area contributed by atoms with Crippen LogP contribution in [0.3, 0.4) is 0 Å². The van der Waals surface area contributed by atoms with Gasteiger partial charge in [0.2, 0.25) is 5.91 Å². The van der Waals surface area contributed by atoms with Crippen LogP contribution in [-0.2, 0) is 17.6 Å². The van der Waals surface area contributed by atoms with Gasteiger partial charge in [0.05, 0.1) is 12.6 Å². The fraction of sp³-hybridized carbons (Fsp3) is 0.417. The summed E-state index contributed by atoms with van der Waals surface area (Å²) in [6.45, 7) is 2.63. The summed E-state index contributed by atoms with van der Waals surface area (Å²) >= 11 is 0. The highest BCUT2D eigenvalue weighted by Gasteiger charge is 2.23. The fourth-order valence-electron chi connectivity index (χ4n) is 4.21. The third kappa shape index (κ3) is 4.11. The minimum Gasteiger partial charge on any atom is -0.493 e. The van der Waals surface area contributed by atoms with Crippen LogP contribution in [0.25, 0.3) is 0 Å². The van der Waals surface area contributed by atoms with Crippen molar-refractivity contribution in [3.05, 3.63) is 64.2 Å². The second-order valence-electron chi connectivity index (χ2n) is 7.91. The SMILES string of the molecule is Cc1ccc2c(c1)C(NC(=O)CCC(=O)c1ccc3c(c1)CCCC3)CCO2. The van der Waals surface area contributed by atoms with Gasteiger partial charge >= 0.3 is 0 Å². The molecule has 1 atom stereocenters. The summed E-state index contributed by atoms with van der Waals surface area (Å²) < 4.78 is 5.69. The lowest BCUT2D eigenvalue weighted by atomic mass is 9.89. The normalized spacial score (nSPS) is 17.8. The molecule has 0 bridgehead atoms. The predicted molar refractivity (Wildman–Crippen MR) is 109 cm³/mol. The minimum atomic E-state index is -0.0781. The first-order valence-corrected chi connectivity index (χ1v) is 10.3. The predicted octanol–water partition coefficient (Wildman–Crippen LogP) is 4.48. The highest BCUT2D eigenvalue weighted by atomic mass is 16.5. The largest absolute Gasteiger partial charge is 0.493 e. The summed E-state index contributed by atoms with van der Waals surface area (Å²) in [6.07, 6.45) is 5.80. The topological polar surface area (TPSA) is 55.4 Å². The van der Waals surface area contributed by atoms with Crippen LogP contribution in [0.5, 0.6) is 5.75 Å². The maximum atomic E-state index is 12.6. The molecule has 1 aliphatic heterocycles. The summed E-state index contributed by atoms with van der Waals surface area (Å²) in [5.41, 5.74) is 5.58. The van der Waals surface area contributed by atoms with Crippen molar-refractivity contribution in [3.8, 4) is 5.75 Å². The molecule has 4 heteroatoms. The number of hydrogen-bond donors (Lipinski definition) is 1. The molecular formula is C24H27NO3. The Kier molecular flexibility index (Phi) is 5.47. The van der Waals surface area contributed by atoms with Crippen LogP contribution < -0.4 is 10.1 Å². The zero-order valence-corrected chi connectivity index (χ0v) is 16.4. The van der Waals surface area contributed by atoms with E-state index in [-0.39, 0.29) is 30.6 Å². The van der Waals surface area contributed by atoms with Crippen LogP contribution in [0.4, 0.5) is 0 Å². The molecule has 1 heterocycles. The molecule has 2 aliphatic rings. The summed E-state index contributed by atoms with van der Waals surface area (Å²) in [4.78, 5) is 25.0. The summed E-state index contributed by atoms with van der Waals surface area (Å²) in [7, 11) is 0. The number of carbonyl (C=O) groups is 2. The van der Waals surface area contributed by atoms with E-state index >= 15 is 0 Å². The standard InChI is InChI=1S/C24H27NO3/c1-16-6-10-23-20(14-16)21(12-13-28-23)25-24(27)11-9-22(26)19-8-7-17-4-2-3-5-18(17)15-19/h6-8,10,14-15,21H,2-5,9,11-13H2,1H3,(H,25,27). The Labute approximate surface area is 166 Å². The number of Topliss-reactive ketones (excluding diaryl/α,β-unsaturated/α-hetero) is 1. The quantitative estimate of drug-likeness (QED) is 0.782. The average Bonchev–Trinajstić information content (AvgIpc) is 2.72. The van der Waals surface area contributed by atoms with Crippen molar-refractivity contribution in [1.82, 2.24) is 5.32 Å². The van der Waals surface area contributed by atoms with E-state index in [4.69, 9.17) is 4.74 Å². The van der Waals surface area contributed by atoms with Crippen LogP contribution in [0.1, 0.15) is 70.8 Å². The van der Waals surface area contributed by atoms with Crippen molar-refractivity contribution in [3.63, 3.8) is 0 Å². The molecule has 0 saturated heterocycles. The van der Waals surface area contributed by atoms with Crippen molar-refractivity contribution in [2.24, 2.45) is 0 Å². The smallest absolute Gasteiger partial charge is 0.220 e. The number of aryl methyl sites for hydroxylation is 3. The molecule has 0 spiro atoms. The maximum absolute atomic E-state index is 12.6. The van der Waals surface area contributed by atoms with E-state index in [9.17, 15) is 9.59 Å². The molecule has 4 rings (SSSR count). The summed E-state index contributed by atoms with van der Waals surface area (Å²) in [6, 6.07) is 12.0. The van der Waals surface area contributed by atoms with Crippen LogP contribution in [0, 0.1) is 6.92 Å². The van der Waals surface area contributed by atoms with Gasteiger partial charge < -0.3 is 10.1 Å². The van der Waals surface area contributed by atoms with Crippen LogP contribution in [-0.4, -0.2) is 18.3 Å². The molecule has 2 aromatic rings. The molecule has 1 amide bonds. The third-order valence-corrected chi connectivity index (χ3v) is 5.79. The van der Waals surface area contributed by atoms with Crippen molar-refractivity contribution in [2.75, 3.05) is 6.61 Å². The summed E-state index contributed by atoms with van der Waals surface area (Å²) in [5.74, 6) is 0.810. The van der Waals surface area contributed by atoms with E-state index in [1.807, 2.05) is 31.2 Å². The minimum absolute atomic E-state index is 0.0463. The van der Waals surface area contributed by atoms with Gasteiger partial charge in [0.1, 0.15) is 5.75 Å². The van der Waals surface area contributed by atoms with Crippen LogP contribution in [0.15, 0.2) is 36.4 Å². The lowest BCUT2D eigenvalue weighted by Crippen LogP contribution is -2.32. The highest BCUT2D eigenvalue weighted by Crippen LogP contribution is 2.32. The Hall–Kier alpha value is -2.62. The number of ketones is 1. The second-order valence-corrected chi connectivity index (χ2v) is 7.91. The van der Waals surface area contributed by atoms with Crippen LogP contribution >= 0.6 is 0 Å². The van der Waals surface area contributed by atoms with Crippen LogP contribution in [0.2, 0.25) is 0 Å². The van der Waals surface area contributed by atoms with Gasteiger partial charge in [-0.2, -0.15) is 0 Å². The third-order valence-electron chi connectivity index (χ3n) is 5.79. The van der Waals surface area contributed by atoms with Gasteiger partial charge in [0.25, 0.3) is 0 Å². The first-order chi connectivity index (χ1) is 13.6. The molecule has 146 valence electrons.